The first-order chi connectivity index (χ1) is 9.08. The standard InChI is InChI=1S/C14H12BrClN2O/c15-9-6-7-12(16)11(8-9)13(14(17)19)18-10-4-2-1-3-5-10/h1-8,13,18H,(H2,17,19). The number of carbonyl (C=O) groups is 1. The zero-order chi connectivity index (χ0) is 13.8. The molecule has 0 fully saturated rings. The van der Waals surface area contributed by atoms with Crippen molar-refractivity contribution in [1.29, 1.82) is 0 Å². The Morgan fingerprint density at radius 3 is 2.53 bits per heavy atom. The molecule has 2 rings (SSSR count). The Labute approximate surface area is 124 Å². The van der Waals surface area contributed by atoms with E-state index in [2.05, 4.69) is 21.2 Å². The number of hydrogen-bond donors (Lipinski definition) is 2. The normalized spacial score (nSPS) is 11.9. The number of carbonyl (C=O) groups excluding carboxylic acids is 1. The Balaban J connectivity index is 2.35. The third kappa shape index (κ3) is 3.49. The molecule has 2 aromatic carbocycles. The molecule has 0 spiro atoms. The highest BCUT2D eigenvalue weighted by Gasteiger charge is 2.20. The molecule has 1 atom stereocenters. The summed E-state index contributed by atoms with van der Waals surface area (Å²) in [4.78, 5) is 11.7. The lowest BCUT2D eigenvalue weighted by atomic mass is 10.1. The fourth-order valence-corrected chi connectivity index (χ4v) is 2.34. The summed E-state index contributed by atoms with van der Waals surface area (Å²) < 4.78 is 0.841. The van der Waals surface area contributed by atoms with Crippen molar-refractivity contribution in [2.75, 3.05) is 5.32 Å². The highest BCUT2D eigenvalue weighted by Crippen LogP contribution is 2.28. The van der Waals surface area contributed by atoms with Gasteiger partial charge in [-0.2, -0.15) is 0 Å². The van der Waals surface area contributed by atoms with Crippen LogP contribution in [0, 0.1) is 0 Å². The Kier molecular flexibility index (Phi) is 4.45. The van der Waals surface area contributed by atoms with Gasteiger partial charge in [0.1, 0.15) is 6.04 Å². The molecule has 5 heteroatoms. The number of nitrogens with two attached hydrogens (primary N) is 1. The van der Waals surface area contributed by atoms with Gasteiger partial charge in [0.2, 0.25) is 5.91 Å². The molecular weight excluding hydrogens is 328 g/mol. The quantitative estimate of drug-likeness (QED) is 0.891. The summed E-state index contributed by atoms with van der Waals surface area (Å²) in [6.45, 7) is 0. The Morgan fingerprint density at radius 1 is 1.21 bits per heavy atom. The molecule has 0 bridgehead atoms. The molecule has 3 nitrogen and oxygen atoms in total. The van der Waals surface area contributed by atoms with Crippen LogP contribution < -0.4 is 11.1 Å². The van der Waals surface area contributed by atoms with Gasteiger partial charge in [0.15, 0.2) is 0 Å². The second kappa shape index (κ2) is 6.08. The van der Waals surface area contributed by atoms with Crippen LogP contribution in [-0.2, 0) is 4.79 Å². The minimum Gasteiger partial charge on any atom is -0.370 e. The van der Waals surface area contributed by atoms with Gasteiger partial charge in [-0.05, 0) is 30.3 Å². The number of rotatable bonds is 4. The van der Waals surface area contributed by atoms with Crippen LogP contribution in [0.1, 0.15) is 11.6 Å². The number of benzene rings is 2. The minimum atomic E-state index is -0.674. The van der Waals surface area contributed by atoms with Gasteiger partial charge in [0, 0.05) is 20.7 Å². The van der Waals surface area contributed by atoms with E-state index in [1.165, 1.54) is 0 Å². The van der Waals surface area contributed by atoms with Crippen LogP contribution in [0.25, 0.3) is 0 Å². The van der Waals surface area contributed by atoms with Crippen molar-refractivity contribution < 1.29 is 4.79 Å². The molecule has 0 aliphatic carbocycles. The zero-order valence-corrected chi connectivity index (χ0v) is 12.3. The van der Waals surface area contributed by atoms with E-state index >= 15 is 0 Å². The Bertz CT molecular complexity index is 589. The van der Waals surface area contributed by atoms with Crippen LogP contribution in [0.5, 0.6) is 0 Å². The molecule has 19 heavy (non-hydrogen) atoms. The third-order valence-corrected chi connectivity index (χ3v) is 3.48. The molecule has 98 valence electrons. The second-order valence-corrected chi connectivity index (χ2v) is 5.33. The van der Waals surface area contributed by atoms with Crippen LogP contribution in [0.2, 0.25) is 5.02 Å². The smallest absolute Gasteiger partial charge is 0.244 e. The average Bonchev–Trinajstić information content (AvgIpc) is 2.40. The average molecular weight is 340 g/mol. The first kappa shape index (κ1) is 13.9. The molecule has 0 radical (unpaired) electrons. The summed E-state index contributed by atoms with van der Waals surface area (Å²) >= 11 is 9.49. The predicted molar refractivity (Wildman–Crippen MR) is 81.2 cm³/mol. The molecule has 0 heterocycles. The summed E-state index contributed by atoms with van der Waals surface area (Å²) in [5.41, 5.74) is 6.91. The lowest BCUT2D eigenvalue weighted by Gasteiger charge is -2.18. The van der Waals surface area contributed by atoms with Crippen molar-refractivity contribution in [3.05, 3.63) is 63.6 Å². The van der Waals surface area contributed by atoms with Crippen molar-refractivity contribution in [2.45, 2.75) is 6.04 Å². The van der Waals surface area contributed by atoms with Gasteiger partial charge in [-0.25, -0.2) is 0 Å². The number of hydrogen-bond acceptors (Lipinski definition) is 2. The lowest BCUT2D eigenvalue weighted by molar-refractivity contribution is -0.118. The van der Waals surface area contributed by atoms with E-state index in [9.17, 15) is 4.79 Å². The number of halogens is 2. The summed E-state index contributed by atoms with van der Waals surface area (Å²) in [7, 11) is 0. The van der Waals surface area contributed by atoms with Crippen molar-refractivity contribution >= 4 is 39.1 Å². The van der Waals surface area contributed by atoms with Gasteiger partial charge < -0.3 is 11.1 Å². The molecular formula is C14H12BrClN2O. The van der Waals surface area contributed by atoms with Crippen LogP contribution in [0.15, 0.2) is 53.0 Å². The maximum absolute atomic E-state index is 11.7. The fourth-order valence-electron chi connectivity index (χ4n) is 1.74. The van der Waals surface area contributed by atoms with Gasteiger partial charge in [-0.1, -0.05) is 45.7 Å². The number of anilines is 1. The van der Waals surface area contributed by atoms with E-state index in [-0.39, 0.29) is 0 Å². The van der Waals surface area contributed by atoms with Crippen molar-refractivity contribution in [2.24, 2.45) is 5.73 Å². The maximum Gasteiger partial charge on any atom is 0.244 e. The van der Waals surface area contributed by atoms with Crippen LogP contribution in [0.3, 0.4) is 0 Å². The highest BCUT2D eigenvalue weighted by molar-refractivity contribution is 9.10. The summed E-state index contributed by atoms with van der Waals surface area (Å²) in [6, 6.07) is 14.0. The molecule has 0 saturated heterocycles. The maximum atomic E-state index is 11.7. The van der Waals surface area contributed by atoms with Crippen LogP contribution in [-0.4, -0.2) is 5.91 Å². The first-order valence-corrected chi connectivity index (χ1v) is 6.81. The van der Waals surface area contributed by atoms with Gasteiger partial charge >= 0.3 is 0 Å². The van der Waals surface area contributed by atoms with Gasteiger partial charge in [0.25, 0.3) is 0 Å². The first-order valence-electron chi connectivity index (χ1n) is 5.64. The molecule has 2 aromatic rings. The Morgan fingerprint density at radius 2 is 1.89 bits per heavy atom. The number of amides is 1. The SMILES string of the molecule is NC(=O)C(Nc1ccccc1)c1cc(Br)ccc1Cl. The molecule has 0 aliphatic rings. The molecule has 0 saturated carbocycles. The van der Waals surface area contributed by atoms with Crippen molar-refractivity contribution in [1.82, 2.24) is 0 Å². The monoisotopic (exact) mass is 338 g/mol. The molecule has 1 unspecified atom stereocenters. The van der Waals surface area contributed by atoms with E-state index in [4.69, 9.17) is 17.3 Å². The van der Waals surface area contributed by atoms with Crippen LogP contribution in [0.4, 0.5) is 5.69 Å². The zero-order valence-electron chi connectivity index (χ0n) is 9.94. The van der Waals surface area contributed by atoms with E-state index in [0.29, 0.717) is 10.6 Å². The second-order valence-electron chi connectivity index (χ2n) is 4.01. The molecule has 1 amide bonds. The van der Waals surface area contributed by atoms with E-state index in [1.54, 1.807) is 12.1 Å². The summed E-state index contributed by atoms with van der Waals surface area (Å²) in [6.07, 6.45) is 0. The van der Waals surface area contributed by atoms with Crippen molar-refractivity contribution in [3.8, 4) is 0 Å². The van der Waals surface area contributed by atoms with Gasteiger partial charge in [-0.15, -0.1) is 0 Å². The number of para-hydroxylation sites is 1. The molecule has 0 aliphatic heterocycles. The fraction of sp³-hybridized carbons (Fsp3) is 0.0714. The van der Waals surface area contributed by atoms with E-state index in [1.807, 2.05) is 36.4 Å². The number of nitrogens with one attached hydrogen (secondary N) is 1. The highest BCUT2D eigenvalue weighted by atomic mass is 79.9. The number of primary amides is 1. The summed E-state index contributed by atoms with van der Waals surface area (Å²) in [5.74, 6) is -0.483. The van der Waals surface area contributed by atoms with Gasteiger partial charge in [-0.3, -0.25) is 4.79 Å². The Hall–Kier alpha value is -1.52. The third-order valence-electron chi connectivity index (χ3n) is 2.64. The van der Waals surface area contributed by atoms with E-state index < -0.39 is 11.9 Å². The van der Waals surface area contributed by atoms with E-state index in [0.717, 1.165) is 10.2 Å². The van der Waals surface area contributed by atoms with Crippen molar-refractivity contribution in [3.63, 3.8) is 0 Å². The minimum absolute atomic E-state index is 0.483. The van der Waals surface area contributed by atoms with Crippen LogP contribution >= 0.6 is 27.5 Å². The molecule has 3 N–H and O–H groups in total. The molecule has 0 aromatic heterocycles. The largest absolute Gasteiger partial charge is 0.370 e. The predicted octanol–water partition coefficient (Wildman–Crippen LogP) is 3.74. The van der Waals surface area contributed by atoms with Gasteiger partial charge in [0.05, 0.1) is 0 Å². The lowest BCUT2D eigenvalue weighted by Crippen LogP contribution is -2.28. The summed E-state index contributed by atoms with van der Waals surface area (Å²) in [5, 5.41) is 3.58. The topological polar surface area (TPSA) is 55.1 Å².